The van der Waals surface area contributed by atoms with Gasteiger partial charge in [0, 0.05) is 36.1 Å². The van der Waals surface area contributed by atoms with Crippen LogP contribution in [0.3, 0.4) is 0 Å². The third-order valence-electron chi connectivity index (χ3n) is 8.12. The molecule has 3 atom stereocenters. The normalized spacial score (nSPS) is 18.2. The first kappa shape index (κ1) is 39.0. The summed E-state index contributed by atoms with van der Waals surface area (Å²) in [4.78, 5) is 38.4. The number of nitrogens with zero attached hydrogens (tertiary/aromatic N) is 1. The fourth-order valence-corrected chi connectivity index (χ4v) is 6.21. The van der Waals surface area contributed by atoms with E-state index in [9.17, 15) is 27.6 Å². The standard InChI is InChI=1S/C31H42F3N3O9SSi/c1-30(2,3)48(7,8)45-16-25-24(44-18-47-17-21-22(42-5)12-20(41-4)13-23(21)43-6)14-26(46-25)37-15-19(27(38)36-29(37)40)10-9-11-35-28(39)31(32,33)34/h12-13,15,24-26H,11,14,16-18H2,1-8H3,(H,35,39)(H,36,38,40)/t24?,25-,26-/m1/s1. The number of methoxy groups -OCH3 is 3. The number of hydrogen-bond acceptors (Lipinski definition) is 10. The summed E-state index contributed by atoms with van der Waals surface area (Å²) < 4.78 is 73.8. The Labute approximate surface area is 282 Å². The van der Waals surface area contributed by atoms with Gasteiger partial charge in [0.25, 0.3) is 5.56 Å². The Morgan fingerprint density at radius 1 is 1.12 bits per heavy atom. The van der Waals surface area contributed by atoms with Crippen molar-refractivity contribution in [3.63, 3.8) is 0 Å². The molecule has 0 spiro atoms. The predicted molar refractivity (Wildman–Crippen MR) is 176 cm³/mol. The number of alkyl halides is 3. The van der Waals surface area contributed by atoms with Crippen LogP contribution in [0.4, 0.5) is 13.2 Å². The Hall–Kier alpha value is -3.43. The number of halogens is 3. The number of thioether (sulfide) groups is 1. The lowest BCUT2D eigenvalue weighted by Crippen LogP contribution is -2.44. The minimum atomic E-state index is -5.07. The largest absolute Gasteiger partial charge is 0.496 e. The van der Waals surface area contributed by atoms with Crippen LogP contribution in [0.15, 0.2) is 27.9 Å². The molecule has 1 amide bonds. The molecule has 0 radical (unpaired) electrons. The molecule has 1 aromatic carbocycles. The van der Waals surface area contributed by atoms with Gasteiger partial charge < -0.3 is 33.4 Å². The van der Waals surface area contributed by atoms with Crippen molar-refractivity contribution in [3.8, 4) is 29.1 Å². The number of nitrogens with one attached hydrogen (secondary N) is 2. The highest BCUT2D eigenvalue weighted by molar-refractivity contribution is 7.98. The highest BCUT2D eigenvalue weighted by atomic mass is 32.2. The number of carbonyl (C=O) groups excluding carboxylic acids is 1. The van der Waals surface area contributed by atoms with Crippen molar-refractivity contribution in [1.82, 2.24) is 14.9 Å². The molecule has 1 unspecified atom stereocenters. The second-order valence-corrected chi connectivity index (χ2v) is 18.1. The number of H-pyrrole nitrogens is 1. The molecule has 17 heteroatoms. The topological polar surface area (TPSA) is 139 Å². The van der Waals surface area contributed by atoms with E-state index in [0.29, 0.717) is 23.0 Å². The van der Waals surface area contributed by atoms with E-state index in [1.807, 2.05) is 0 Å². The van der Waals surface area contributed by atoms with Gasteiger partial charge in [-0.05, 0) is 18.1 Å². The first-order valence-corrected chi connectivity index (χ1v) is 18.9. The number of aromatic amines is 1. The number of amides is 1. The number of aromatic nitrogens is 2. The Kier molecular flexibility index (Phi) is 13.3. The van der Waals surface area contributed by atoms with Gasteiger partial charge in [0.05, 0.1) is 46.5 Å². The summed E-state index contributed by atoms with van der Waals surface area (Å²) in [5.74, 6) is 5.07. The van der Waals surface area contributed by atoms with Crippen LogP contribution < -0.4 is 30.8 Å². The van der Waals surface area contributed by atoms with Crippen molar-refractivity contribution in [2.75, 3.05) is 40.4 Å². The van der Waals surface area contributed by atoms with Crippen LogP contribution in [0.2, 0.25) is 18.1 Å². The lowest BCUT2D eigenvalue weighted by atomic mass is 10.2. The SMILES string of the molecule is COc1cc(OC)c(CSCOC2C[C@H](n3cc(C#CCNC(=O)C(F)(F)F)c(=O)[nH]c3=O)O[C@@H]2CO[Si](C)(C)C(C)(C)C)c(OC)c1. The van der Waals surface area contributed by atoms with Crippen LogP contribution in [-0.2, 0) is 24.4 Å². The van der Waals surface area contributed by atoms with Crippen molar-refractivity contribution in [2.45, 2.75) is 75.7 Å². The zero-order chi connectivity index (χ0) is 35.9. The number of carbonyl (C=O) groups is 1. The predicted octanol–water partition coefficient (Wildman–Crippen LogP) is 4.18. The highest BCUT2D eigenvalue weighted by Gasteiger charge is 2.42. The number of benzene rings is 1. The minimum Gasteiger partial charge on any atom is -0.496 e. The maximum Gasteiger partial charge on any atom is 0.471 e. The molecule has 1 aliphatic heterocycles. The van der Waals surface area contributed by atoms with Crippen LogP contribution in [0.25, 0.3) is 0 Å². The lowest BCUT2D eigenvalue weighted by Gasteiger charge is -2.37. The molecule has 2 heterocycles. The van der Waals surface area contributed by atoms with E-state index in [1.165, 1.54) is 18.0 Å². The van der Waals surface area contributed by atoms with Crippen molar-refractivity contribution < 1.29 is 46.1 Å². The number of hydrogen-bond donors (Lipinski definition) is 2. The molecule has 266 valence electrons. The average Bonchev–Trinajstić information content (AvgIpc) is 3.42. The van der Waals surface area contributed by atoms with Gasteiger partial charge in [-0.2, -0.15) is 13.2 Å². The van der Waals surface area contributed by atoms with Crippen molar-refractivity contribution in [1.29, 1.82) is 0 Å². The number of rotatable bonds is 13. The lowest BCUT2D eigenvalue weighted by molar-refractivity contribution is -0.173. The van der Waals surface area contributed by atoms with Gasteiger partial charge in [-0.15, -0.1) is 11.8 Å². The van der Waals surface area contributed by atoms with Crippen LogP contribution in [0.1, 0.15) is 44.5 Å². The minimum absolute atomic E-state index is 0.0727. The van der Waals surface area contributed by atoms with Gasteiger partial charge in [-0.3, -0.25) is 19.1 Å². The summed E-state index contributed by atoms with van der Waals surface area (Å²) in [5, 5.41) is 1.53. The van der Waals surface area contributed by atoms with Crippen molar-refractivity contribution in [2.24, 2.45) is 0 Å². The van der Waals surface area contributed by atoms with E-state index in [1.54, 1.807) is 38.8 Å². The molecule has 2 N–H and O–H groups in total. The Morgan fingerprint density at radius 2 is 1.77 bits per heavy atom. The van der Waals surface area contributed by atoms with E-state index in [4.69, 9.17) is 28.1 Å². The van der Waals surface area contributed by atoms with E-state index >= 15 is 0 Å². The van der Waals surface area contributed by atoms with Crippen molar-refractivity contribution >= 4 is 26.0 Å². The Morgan fingerprint density at radius 3 is 2.33 bits per heavy atom. The van der Waals surface area contributed by atoms with Crippen molar-refractivity contribution in [3.05, 3.63) is 50.3 Å². The average molecular weight is 718 g/mol. The molecular weight excluding hydrogens is 676 g/mol. The zero-order valence-corrected chi connectivity index (χ0v) is 30.0. The van der Waals surface area contributed by atoms with Gasteiger partial charge in [-0.25, -0.2) is 4.79 Å². The molecule has 48 heavy (non-hydrogen) atoms. The monoisotopic (exact) mass is 717 g/mol. The molecule has 12 nitrogen and oxygen atoms in total. The number of ether oxygens (including phenoxy) is 5. The molecule has 0 saturated carbocycles. The fourth-order valence-electron chi connectivity index (χ4n) is 4.36. The summed E-state index contributed by atoms with van der Waals surface area (Å²) >= 11 is 1.47. The zero-order valence-electron chi connectivity index (χ0n) is 28.2. The smallest absolute Gasteiger partial charge is 0.471 e. The molecule has 0 bridgehead atoms. The van der Waals surface area contributed by atoms with E-state index in [-0.39, 0.29) is 29.6 Å². The molecule has 0 aliphatic carbocycles. The van der Waals surface area contributed by atoms with Crippen LogP contribution in [-0.4, -0.2) is 82.6 Å². The molecule has 2 aromatic rings. The van der Waals surface area contributed by atoms with Gasteiger partial charge in [-0.1, -0.05) is 32.6 Å². The summed E-state index contributed by atoms with van der Waals surface area (Å²) in [6.07, 6.45) is -5.61. The Balaban J connectivity index is 1.79. The summed E-state index contributed by atoms with van der Waals surface area (Å²) in [6.45, 7) is 10.1. The second-order valence-electron chi connectivity index (χ2n) is 12.3. The van der Waals surface area contributed by atoms with Crippen LogP contribution >= 0.6 is 11.8 Å². The molecule has 1 fully saturated rings. The highest BCUT2D eigenvalue weighted by Crippen LogP contribution is 2.39. The molecular formula is C31H42F3N3O9SSi. The molecule has 3 rings (SSSR count). The van der Waals surface area contributed by atoms with Gasteiger partial charge >= 0.3 is 17.8 Å². The van der Waals surface area contributed by atoms with Crippen LogP contribution in [0.5, 0.6) is 17.2 Å². The van der Waals surface area contributed by atoms with Crippen LogP contribution in [0, 0.1) is 11.8 Å². The summed E-state index contributed by atoms with van der Waals surface area (Å²) in [5.41, 5.74) is -0.982. The van der Waals surface area contributed by atoms with E-state index in [0.717, 1.165) is 10.1 Å². The quantitative estimate of drug-likeness (QED) is 0.134. The van der Waals surface area contributed by atoms with Gasteiger partial charge in [0.2, 0.25) is 0 Å². The molecule has 1 aromatic heterocycles. The third kappa shape index (κ3) is 10.0. The van der Waals surface area contributed by atoms with Gasteiger partial charge in [0.15, 0.2) is 8.32 Å². The Bertz CT molecular complexity index is 1590. The van der Waals surface area contributed by atoms with E-state index in [2.05, 4.69) is 50.7 Å². The van der Waals surface area contributed by atoms with E-state index < -0.39 is 56.6 Å². The molecule has 1 saturated heterocycles. The second kappa shape index (κ2) is 16.3. The first-order chi connectivity index (χ1) is 22.4. The fraction of sp³-hybridized carbons (Fsp3) is 0.581. The molecule has 1 aliphatic rings. The third-order valence-corrected chi connectivity index (χ3v) is 13.4. The maximum absolute atomic E-state index is 12.8. The van der Waals surface area contributed by atoms with Gasteiger partial charge in [0.1, 0.15) is 35.1 Å². The first-order valence-electron chi connectivity index (χ1n) is 14.9. The summed E-state index contributed by atoms with van der Waals surface area (Å²) in [7, 11) is 2.48. The summed E-state index contributed by atoms with van der Waals surface area (Å²) in [6, 6.07) is 3.53. The maximum atomic E-state index is 12.8.